The van der Waals surface area contributed by atoms with Gasteiger partial charge in [0, 0.05) is 62.1 Å². The lowest BCUT2D eigenvalue weighted by molar-refractivity contribution is -0.143. The molecular weight excluding hydrogens is 398 g/mol. The lowest BCUT2D eigenvalue weighted by Crippen LogP contribution is -2.49. The van der Waals surface area contributed by atoms with Gasteiger partial charge < -0.3 is 19.7 Å². The standard InChI is InChI=1S/C22H21N5O4/c1-25-13-17(16-11-14(21(28)29)4-5-18(16)25)19(22(30)31)26-7-9-27(10-8-26)20-15(12-23)3-2-6-24-20/h2-6,11,13,19H,7-10H2,1H3,(H,28,29)(H,30,31). The molecule has 0 spiro atoms. The normalized spacial score (nSPS) is 15.5. The van der Waals surface area contributed by atoms with Gasteiger partial charge in [-0.3, -0.25) is 9.69 Å². The number of aliphatic carboxylic acids is 1. The zero-order chi connectivity index (χ0) is 22.1. The quantitative estimate of drug-likeness (QED) is 0.645. The summed E-state index contributed by atoms with van der Waals surface area (Å²) < 4.78 is 1.82. The van der Waals surface area contributed by atoms with E-state index in [9.17, 15) is 25.1 Å². The fourth-order valence-corrected chi connectivity index (χ4v) is 4.19. The van der Waals surface area contributed by atoms with Crippen LogP contribution in [0.4, 0.5) is 5.82 Å². The van der Waals surface area contributed by atoms with Gasteiger partial charge in [-0.15, -0.1) is 0 Å². The highest BCUT2D eigenvalue weighted by molar-refractivity contribution is 5.96. The van der Waals surface area contributed by atoms with Crippen molar-refractivity contribution in [3.8, 4) is 6.07 Å². The van der Waals surface area contributed by atoms with Crippen molar-refractivity contribution in [3.05, 3.63) is 59.4 Å². The number of aromatic carboxylic acids is 1. The van der Waals surface area contributed by atoms with E-state index < -0.39 is 18.0 Å². The molecule has 1 aromatic carbocycles. The van der Waals surface area contributed by atoms with Gasteiger partial charge in [0.15, 0.2) is 0 Å². The molecule has 1 fully saturated rings. The zero-order valence-electron chi connectivity index (χ0n) is 16.9. The number of nitrogens with zero attached hydrogens (tertiary/aromatic N) is 5. The number of aromatic nitrogens is 2. The number of fused-ring (bicyclic) bond motifs is 1. The average molecular weight is 419 g/mol. The Bertz CT molecular complexity index is 1200. The summed E-state index contributed by atoms with van der Waals surface area (Å²) >= 11 is 0. The molecule has 1 aliphatic heterocycles. The van der Waals surface area contributed by atoms with Crippen LogP contribution in [0, 0.1) is 11.3 Å². The van der Waals surface area contributed by atoms with Gasteiger partial charge in [0.25, 0.3) is 0 Å². The van der Waals surface area contributed by atoms with E-state index in [1.807, 2.05) is 21.4 Å². The van der Waals surface area contributed by atoms with Crippen LogP contribution < -0.4 is 4.90 Å². The number of piperazine rings is 1. The molecular formula is C22H21N5O4. The molecule has 0 saturated carbocycles. The molecule has 3 aromatic rings. The first-order valence-electron chi connectivity index (χ1n) is 9.80. The van der Waals surface area contributed by atoms with E-state index in [4.69, 9.17) is 0 Å². The Balaban J connectivity index is 1.64. The number of carbonyl (C=O) groups is 2. The highest BCUT2D eigenvalue weighted by Crippen LogP contribution is 2.32. The summed E-state index contributed by atoms with van der Waals surface area (Å²) in [7, 11) is 1.81. The van der Waals surface area contributed by atoms with Crippen molar-refractivity contribution in [2.24, 2.45) is 7.05 Å². The number of hydrogen-bond donors (Lipinski definition) is 2. The van der Waals surface area contributed by atoms with Crippen molar-refractivity contribution in [2.75, 3.05) is 31.1 Å². The number of pyridine rings is 1. The van der Waals surface area contributed by atoms with Gasteiger partial charge in [0.05, 0.1) is 11.1 Å². The summed E-state index contributed by atoms with van der Waals surface area (Å²) in [6.45, 7) is 1.99. The maximum absolute atomic E-state index is 12.3. The van der Waals surface area contributed by atoms with E-state index in [1.54, 1.807) is 30.6 Å². The molecule has 31 heavy (non-hydrogen) atoms. The van der Waals surface area contributed by atoms with Gasteiger partial charge >= 0.3 is 11.9 Å². The summed E-state index contributed by atoms with van der Waals surface area (Å²) in [6.07, 6.45) is 3.40. The van der Waals surface area contributed by atoms with Gasteiger partial charge in [0.1, 0.15) is 17.9 Å². The summed E-state index contributed by atoms with van der Waals surface area (Å²) in [5, 5.41) is 29.4. The van der Waals surface area contributed by atoms with Crippen LogP contribution >= 0.6 is 0 Å². The van der Waals surface area contributed by atoms with Gasteiger partial charge in [0.2, 0.25) is 0 Å². The molecule has 1 aliphatic rings. The summed E-state index contributed by atoms with van der Waals surface area (Å²) in [6, 6.07) is 9.41. The molecule has 0 aliphatic carbocycles. The van der Waals surface area contributed by atoms with Crippen LogP contribution in [0.3, 0.4) is 0 Å². The Hall–Kier alpha value is -3.90. The molecule has 1 saturated heterocycles. The number of rotatable bonds is 5. The Morgan fingerprint density at radius 1 is 1.16 bits per heavy atom. The maximum atomic E-state index is 12.3. The minimum absolute atomic E-state index is 0.119. The van der Waals surface area contributed by atoms with E-state index in [0.717, 1.165) is 5.52 Å². The Labute approximate surface area is 178 Å². The second-order valence-corrected chi connectivity index (χ2v) is 7.48. The van der Waals surface area contributed by atoms with Crippen molar-refractivity contribution < 1.29 is 19.8 Å². The number of carboxylic acids is 2. The second-order valence-electron chi connectivity index (χ2n) is 7.48. The fourth-order valence-electron chi connectivity index (χ4n) is 4.19. The van der Waals surface area contributed by atoms with Gasteiger partial charge in [-0.1, -0.05) is 0 Å². The minimum atomic E-state index is -1.05. The predicted molar refractivity (Wildman–Crippen MR) is 113 cm³/mol. The van der Waals surface area contributed by atoms with Crippen molar-refractivity contribution in [3.63, 3.8) is 0 Å². The highest BCUT2D eigenvalue weighted by atomic mass is 16.4. The summed E-state index contributed by atoms with van der Waals surface area (Å²) in [5.74, 6) is -1.44. The molecule has 0 bridgehead atoms. The van der Waals surface area contributed by atoms with Gasteiger partial charge in [-0.05, 0) is 30.3 Å². The Morgan fingerprint density at radius 2 is 1.90 bits per heavy atom. The number of anilines is 1. The van der Waals surface area contributed by atoms with Crippen molar-refractivity contribution in [1.29, 1.82) is 5.26 Å². The van der Waals surface area contributed by atoms with Crippen LogP contribution in [0.25, 0.3) is 10.9 Å². The first-order valence-corrected chi connectivity index (χ1v) is 9.80. The van der Waals surface area contributed by atoms with Crippen LogP contribution in [0.15, 0.2) is 42.7 Å². The van der Waals surface area contributed by atoms with E-state index in [2.05, 4.69) is 11.1 Å². The number of benzene rings is 1. The molecule has 0 amide bonds. The number of aryl methyl sites for hydroxylation is 1. The zero-order valence-corrected chi connectivity index (χ0v) is 16.9. The molecule has 3 heterocycles. The molecule has 9 heteroatoms. The van der Waals surface area contributed by atoms with Crippen LogP contribution in [0.1, 0.15) is 27.5 Å². The van der Waals surface area contributed by atoms with E-state index >= 15 is 0 Å². The molecule has 1 atom stereocenters. The first kappa shape index (κ1) is 20.4. The number of nitriles is 1. The van der Waals surface area contributed by atoms with Gasteiger partial charge in [-0.2, -0.15) is 5.26 Å². The van der Waals surface area contributed by atoms with Crippen molar-refractivity contribution >= 4 is 28.7 Å². The second kappa shape index (κ2) is 8.08. The maximum Gasteiger partial charge on any atom is 0.335 e. The van der Waals surface area contributed by atoms with E-state index in [0.29, 0.717) is 48.5 Å². The first-order chi connectivity index (χ1) is 14.9. The molecule has 2 aromatic heterocycles. The molecule has 2 N–H and O–H groups in total. The van der Waals surface area contributed by atoms with E-state index in [-0.39, 0.29) is 5.56 Å². The molecule has 9 nitrogen and oxygen atoms in total. The van der Waals surface area contributed by atoms with Crippen LogP contribution in [-0.4, -0.2) is 62.8 Å². The van der Waals surface area contributed by atoms with Crippen LogP contribution in [0.2, 0.25) is 0 Å². The predicted octanol–water partition coefficient (Wildman–Crippen LogP) is 2.09. The largest absolute Gasteiger partial charge is 0.480 e. The topological polar surface area (TPSA) is 123 Å². The smallest absolute Gasteiger partial charge is 0.335 e. The fraction of sp³-hybridized carbons (Fsp3) is 0.273. The number of carboxylic acid groups (broad SMARTS) is 2. The third-order valence-electron chi connectivity index (χ3n) is 5.68. The SMILES string of the molecule is Cn1cc(C(C(=O)O)N2CCN(c3ncccc3C#N)CC2)c2cc(C(=O)O)ccc21. The third-order valence-corrected chi connectivity index (χ3v) is 5.68. The minimum Gasteiger partial charge on any atom is -0.480 e. The summed E-state index contributed by atoms with van der Waals surface area (Å²) in [4.78, 5) is 31.9. The molecule has 158 valence electrons. The Kier molecular flexibility index (Phi) is 5.31. The van der Waals surface area contributed by atoms with E-state index in [1.165, 1.54) is 12.1 Å². The third kappa shape index (κ3) is 3.69. The molecule has 4 rings (SSSR count). The molecule has 0 radical (unpaired) electrons. The Morgan fingerprint density at radius 3 is 2.55 bits per heavy atom. The highest BCUT2D eigenvalue weighted by Gasteiger charge is 2.33. The number of hydrogen-bond acceptors (Lipinski definition) is 6. The molecule has 1 unspecified atom stereocenters. The average Bonchev–Trinajstić information content (AvgIpc) is 3.09. The van der Waals surface area contributed by atoms with Crippen molar-refractivity contribution in [1.82, 2.24) is 14.5 Å². The monoisotopic (exact) mass is 419 g/mol. The summed E-state index contributed by atoms with van der Waals surface area (Å²) in [5.41, 5.74) is 1.95. The van der Waals surface area contributed by atoms with Crippen LogP contribution in [0.5, 0.6) is 0 Å². The van der Waals surface area contributed by atoms with Gasteiger partial charge in [-0.25, -0.2) is 9.78 Å². The van der Waals surface area contributed by atoms with Crippen LogP contribution in [-0.2, 0) is 11.8 Å². The lowest BCUT2D eigenvalue weighted by atomic mass is 10.0. The lowest BCUT2D eigenvalue weighted by Gasteiger charge is -2.38. The van der Waals surface area contributed by atoms with Crippen molar-refractivity contribution in [2.45, 2.75) is 6.04 Å².